The van der Waals surface area contributed by atoms with Crippen molar-refractivity contribution in [2.45, 2.75) is 51.5 Å². The van der Waals surface area contributed by atoms with E-state index in [-0.39, 0.29) is 11.9 Å². The lowest BCUT2D eigenvalue weighted by molar-refractivity contribution is 0.0632. The van der Waals surface area contributed by atoms with Gasteiger partial charge in [-0.3, -0.25) is 4.79 Å². The normalized spacial score (nSPS) is 14.2. The first-order valence-corrected chi connectivity index (χ1v) is 11.5. The smallest absolute Gasteiger partial charge is 0.254 e. The Labute approximate surface area is 194 Å². The van der Waals surface area contributed by atoms with Crippen LogP contribution >= 0.6 is 0 Å². The molecule has 0 saturated heterocycles. The van der Waals surface area contributed by atoms with E-state index in [2.05, 4.69) is 10.1 Å². The molecule has 0 unspecified atom stereocenters. The van der Waals surface area contributed by atoms with Gasteiger partial charge in [-0.1, -0.05) is 42.1 Å². The molecule has 1 amide bonds. The number of ether oxygens (including phenoxy) is 2. The Bertz CT molecular complexity index is 1050. The third kappa shape index (κ3) is 5.53. The van der Waals surface area contributed by atoms with Crippen LogP contribution < -0.4 is 9.47 Å². The zero-order valence-electron chi connectivity index (χ0n) is 19.5. The molecule has 0 radical (unpaired) electrons. The molecule has 4 rings (SSSR count). The molecule has 174 valence electrons. The first-order chi connectivity index (χ1) is 16.1. The van der Waals surface area contributed by atoms with E-state index in [1.165, 1.54) is 6.42 Å². The molecule has 3 aromatic rings. The summed E-state index contributed by atoms with van der Waals surface area (Å²) in [5, 5.41) is 4.14. The fourth-order valence-electron chi connectivity index (χ4n) is 4.33. The number of aromatic nitrogens is 2. The Hall–Kier alpha value is -3.35. The van der Waals surface area contributed by atoms with Gasteiger partial charge in [-0.2, -0.15) is 4.98 Å². The molecule has 33 heavy (non-hydrogen) atoms. The van der Waals surface area contributed by atoms with E-state index >= 15 is 0 Å². The van der Waals surface area contributed by atoms with Crippen LogP contribution in [0, 0.1) is 6.92 Å². The summed E-state index contributed by atoms with van der Waals surface area (Å²) < 4.78 is 16.2. The summed E-state index contributed by atoms with van der Waals surface area (Å²) in [6.45, 7) is 2.57. The van der Waals surface area contributed by atoms with Crippen LogP contribution in [0.3, 0.4) is 0 Å². The predicted molar refractivity (Wildman–Crippen MR) is 126 cm³/mol. The minimum absolute atomic E-state index is 0.0687. The number of carbonyl (C=O) groups is 1. The zero-order valence-corrected chi connectivity index (χ0v) is 19.5. The molecule has 1 heterocycles. The Morgan fingerprint density at radius 2 is 1.70 bits per heavy atom. The molecule has 7 nitrogen and oxygen atoms in total. The monoisotopic (exact) mass is 449 g/mol. The van der Waals surface area contributed by atoms with Gasteiger partial charge in [0.25, 0.3) is 5.91 Å². The van der Waals surface area contributed by atoms with Crippen LogP contribution in [-0.4, -0.2) is 47.8 Å². The van der Waals surface area contributed by atoms with Crippen molar-refractivity contribution >= 4 is 5.91 Å². The molecule has 1 saturated carbocycles. The van der Waals surface area contributed by atoms with E-state index in [4.69, 9.17) is 14.0 Å². The maximum atomic E-state index is 13.4. The van der Waals surface area contributed by atoms with Gasteiger partial charge in [-0.25, -0.2) is 0 Å². The number of amides is 1. The highest BCUT2D eigenvalue weighted by Crippen LogP contribution is 2.29. The number of rotatable bonds is 8. The molecular formula is C26H31N3O4. The lowest BCUT2D eigenvalue weighted by Gasteiger charge is -2.34. The van der Waals surface area contributed by atoms with Gasteiger partial charge in [0.1, 0.15) is 11.5 Å². The fourth-order valence-corrected chi connectivity index (χ4v) is 4.33. The Morgan fingerprint density at radius 3 is 2.33 bits per heavy atom. The lowest BCUT2D eigenvalue weighted by Crippen LogP contribution is -2.42. The topological polar surface area (TPSA) is 77.7 Å². The number of nitrogens with zero attached hydrogens (tertiary/aromatic N) is 3. The Balaban J connectivity index is 1.51. The van der Waals surface area contributed by atoms with Crippen molar-refractivity contribution in [3.05, 3.63) is 59.5 Å². The SMILES string of the molecule is COc1cc(OC)cc(-c2noc(CCN(C(=O)c3ccc(C)cc3)C3CCCCC3)n2)c1. The van der Waals surface area contributed by atoms with Gasteiger partial charge >= 0.3 is 0 Å². The van der Waals surface area contributed by atoms with Gasteiger partial charge < -0.3 is 18.9 Å². The van der Waals surface area contributed by atoms with E-state index in [1.807, 2.05) is 48.2 Å². The number of hydrogen-bond donors (Lipinski definition) is 0. The number of aryl methyl sites for hydroxylation is 1. The van der Waals surface area contributed by atoms with Crippen molar-refractivity contribution < 1.29 is 18.8 Å². The molecule has 1 fully saturated rings. The molecule has 7 heteroatoms. The van der Waals surface area contributed by atoms with Crippen molar-refractivity contribution in [2.75, 3.05) is 20.8 Å². The summed E-state index contributed by atoms with van der Waals surface area (Å²) in [5.41, 5.74) is 2.62. The third-order valence-electron chi connectivity index (χ3n) is 6.22. The molecule has 0 bridgehead atoms. The first-order valence-electron chi connectivity index (χ1n) is 11.5. The molecule has 2 aromatic carbocycles. The van der Waals surface area contributed by atoms with Gasteiger partial charge in [0.2, 0.25) is 11.7 Å². The number of methoxy groups -OCH3 is 2. The average Bonchev–Trinajstić information content (AvgIpc) is 3.34. The van der Waals surface area contributed by atoms with Gasteiger partial charge in [0.05, 0.1) is 14.2 Å². The van der Waals surface area contributed by atoms with Gasteiger partial charge in [0.15, 0.2) is 0 Å². The molecular weight excluding hydrogens is 418 g/mol. The maximum absolute atomic E-state index is 13.4. The number of hydrogen-bond acceptors (Lipinski definition) is 6. The highest BCUT2D eigenvalue weighted by molar-refractivity contribution is 5.94. The molecule has 0 spiro atoms. The summed E-state index contributed by atoms with van der Waals surface area (Å²) in [6.07, 6.45) is 6.13. The van der Waals surface area contributed by atoms with E-state index in [0.29, 0.717) is 36.2 Å². The quantitative estimate of drug-likeness (QED) is 0.477. The van der Waals surface area contributed by atoms with Crippen LogP contribution in [0.1, 0.15) is 53.9 Å². The maximum Gasteiger partial charge on any atom is 0.254 e. The average molecular weight is 450 g/mol. The summed E-state index contributed by atoms with van der Waals surface area (Å²) in [4.78, 5) is 19.9. The minimum atomic E-state index is 0.0687. The molecule has 0 atom stereocenters. The minimum Gasteiger partial charge on any atom is -0.497 e. The lowest BCUT2D eigenvalue weighted by atomic mass is 9.93. The standard InChI is InChI=1S/C26H31N3O4/c1-18-9-11-19(12-10-18)26(30)29(21-7-5-4-6-8-21)14-13-24-27-25(28-33-24)20-15-22(31-2)17-23(16-20)32-3/h9-12,15-17,21H,4-8,13-14H2,1-3H3. The predicted octanol–water partition coefficient (Wildman–Crippen LogP) is 5.08. The van der Waals surface area contributed by atoms with Crippen molar-refractivity contribution in [3.8, 4) is 22.9 Å². The first kappa shape index (κ1) is 22.8. The number of carbonyl (C=O) groups excluding carboxylic acids is 1. The molecule has 0 N–H and O–H groups in total. The summed E-state index contributed by atoms with van der Waals surface area (Å²) in [7, 11) is 3.20. The van der Waals surface area contributed by atoms with Crippen LogP contribution in [0.2, 0.25) is 0 Å². The van der Waals surface area contributed by atoms with Gasteiger partial charge in [-0.15, -0.1) is 0 Å². The van der Waals surface area contributed by atoms with Crippen molar-refractivity contribution in [1.82, 2.24) is 15.0 Å². The summed E-state index contributed by atoms with van der Waals surface area (Å²) in [5.74, 6) is 2.35. The highest BCUT2D eigenvalue weighted by atomic mass is 16.5. The molecule has 1 aromatic heterocycles. The molecule has 0 aliphatic heterocycles. The van der Waals surface area contributed by atoms with Crippen LogP contribution in [0.25, 0.3) is 11.4 Å². The second kappa shape index (κ2) is 10.5. The largest absolute Gasteiger partial charge is 0.497 e. The van der Waals surface area contributed by atoms with Gasteiger partial charge in [-0.05, 0) is 44.0 Å². The van der Waals surface area contributed by atoms with E-state index < -0.39 is 0 Å². The van der Waals surface area contributed by atoms with Crippen LogP contribution in [0.4, 0.5) is 0 Å². The van der Waals surface area contributed by atoms with Crippen molar-refractivity contribution in [3.63, 3.8) is 0 Å². The van der Waals surface area contributed by atoms with Crippen molar-refractivity contribution in [2.24, 2.45) is 0 Å². The molecule has 1 aliphatic carbocycles. The van der Waals surface area contributed by atoms with Crippen LogP contribution in [0.5, 0.6) is 11.5 Å². The van der Waals surface area contributed by atoms with E-state index in [9.17, 15) is 4.79 Å². The number of benzene rings is 2. The highest BCUT2D eigenvalue weighted by Gasteiger charge is 2.27. The second-order valence-corrected chi connectivity index (χ2v) is 8.52. The summed E-state index contributed by atoms with van der Waals surface area (Å²) in [6, 6.07) is 13.5. The van der Waals surface area contributed by atoms with Crippen LogP contribution in [-0.2, 0) is 6.42 Å². The fraction of sp³-hybridized carbons (Fsp3) is 0.423. The Kier molecular flexibility index (Phi) is 7.27. The second-order valence-electron chi connectivity index (χ2n) is 8.52. The van der Waals surface area contributed by atoms with E-state index in [1.54, 1.807) is 20.3 Å². The van der Waals surface area contributed by atoms with Crippen molar-refractivity contribution in [1.29, 1.82) is 0 Å². The zero-order chi connectivity index (χ0) is 23.2. The Morgan fingerprint density at radius 1 is 1.03 bits per heavy atom. The summed E-state index contributed by atoms with van der Waals surface area (Å²) >= 11 is 0. The van der Waals surface area contributed by atoms with Crippen LogP contribution in [0.15, 0.2) is 47.0 Å². The third-order valence-corrected chi connectivity index (χ3v) is 6.22. The van der Waals surface area contributed by atoms with Gasteiger partial charge in [0, 0.05) is 36.2 Å². The van der Waals surface area contributed by atoms with E-state index in [0.717, 1.165) is 42.4 Å². The molecule has 1 aliphatic rings.